The van der Waals surface area contributed by atoms with Crippen LogP contribution >= 0.6 is 11.6 Å². The van der Waals surface area contributed by atoms with Gasteiger partial charge in [-0.25, -0.2) is 14.2 Å². The van der Waals surface area contributed by atoms with Gasteiger partial charge in [0.2, 0.25) is 0 Å². The van der Waals surface area contributed by atoms with Crippen LogP contribution in [0.1, 0.15) is 16.1 Å². The minimum Gasteiger partial charge on any atom is -0.325 e. The summed E-state index contributed by atoms with van der Waals surface area (Å²) in [6.07, 6.45) is 2.94. The van der Waals surface area contributed by atoms with Gasteiger partial charge < -0.3 is 4.90 Å². The molecule has 0 saturated heterocycles. The molecule has 24 heavy (non-hydrogen) atoms. The van der Waals surface area contributed by atoms with Gasteiger partial charge >= 0.3 is 5.69 Å². The molecule has 122 valence electrons. The third-order valence-corrected chi connectivity index (χ3v) is 4.51. The molecule has 2 aromatic heterocycles. The molecule has 1 aliphatic heterocycles. The molecular formula is C17H14ClFN4O. The van der Waals surface area contributed by atoms with Crippen molar-refractivity contribution in [3.8, 4) is 0 Å². The Kier molecular flexibility index (Phi) is 2.77. The number of hydrogen-bond acceptors (Lipinski definition) is 4. The van der Waals surface area contributed by atoms with Gasteiger partial charge in [-0.2, -0.15) is 4.98 Å². The Labute approximate surface area is 146 Å². The van der Waals surface area contributed by atoms with Gasteiger partial charge in [-0.3, -0.25) is 4.57 Å². The molecule has 7 heteroatoms. The molecule has 0 amide bonds. The molecule has 0 atom stereocenters. The van der Waals surface area contributed by atoms with E-state index in [-0.39, 0.29) is 16.7 Å². The van der Waals surface area contributed by atoms with Crippen LogP contribution < -0.4 is 10.6 Å². The molecule has 0 aliphatic carbocycles. The lowest BCUT2D eigenvalue weighted by Gasteiger charge is -2.31. The Balaban J connectivity index is 2.06. The van der Waals surface area contributed by atoms with Gasteiger partial charge in [-0.1, -0.05) is 17.7 Å². The number of anilines is 2. The van der Waals surface area contributed by atoms with Crippen molar-refractivity contribution in [1.29, 1.82) is 0 Å². The molecule has 0 fully saturated rings. The molecule has 0 saturated carbocycles. The van der Waals surface area contributed by atoms with E-state index in [2.05, 4.69) is 9.97 Å². The van der Waals surface area contributed by atoms with E-state index in [9.17, 15) is 9.18 Å². The highest BCUT2D eigenvalue weighted by atomic mass is 35.5. The fraction of sp³-hybridized carbons (Fsp3) is 0.235. The standard InChI is InChI=1S/C17H14ClFN4O/c1-22-13-6-2-5-11(19)14(13)16(21-17(22)24)23-9-3-4-10-12(23)7-8-20-15(10)18/h2,5-8H,3-4,9H2,1H3/i1D3. The molecular weight excluding hydrogens is 331 g/mol. The second-order valence-electron chi connectivity index (χ2n) is 5.54. The highest BCUT2D eigenvalue weighted by Gasteiger charge is 2.25. The zero-order chi connectivity index (χ0) is 19.3. The van der Waals surface area contributed by atoms with Gasteiger partial charge in [0, 0.05) is 29.4 Å². The summed E-state index contributed by atoms with van der Waals surface area (Å²) in [5, 5.41) is 0.326. The van der Waals surface area contributed by atoms with Crippen LogP contribution in [0.15, 0.2) is 35.3 Å². The summed E-state index contributed by atoms with van der Waals surface area (Å²) in [6.45, 7) is -2.29. The summed E-state index contributed by atoms with van der Waals surface area (Å²) in [4.78, 5) is 22.3. The highest BCUT2D eigenvalue weighted by molar-refractivity contribution is 6.30. The number of halogens is 2. The van der Waals surface area contributed by atoms with E-state index in [4.69, 9.17) is 15.7 Å². The number of benzene rings is 1. The molecule has 3 aromatic rings. The van der Waals surface area contributed by atoms with Crippen LogP contribution in [0.25, 0.3) is 10.9 Å². The van der Waals surface area contributed by atoms with Crippen LogP contribution in [-0.4, -0.2) is 21.1 Å². The molecule has 0 unspecified atom stereocenters. The van der Waals surface area contributed by atoms with Gasteiger partial charge in [-0.05, 0) is 31.0 Å². The maximum atomic E-state index is 14.8. The normalized spacial score (nSPS) is 16.4. The summed E-state index contributed by atoms with van der Waals surface area (Å²) in [5.74, 6) is -0.572. The monoisotopic (exact) mass is 347 g/mol. The average molecular weight is 348 g/mol. The van der Waals surface area contributed by atoms with Gasteiger partial charge in [0.15, 0.2) is 5.82 Å². The number of pyridine rings is 1. The Morgan fingerprint density at radius 3 is 3.08 bits per heavy atom. The van der Waals surface area contributed by atoms with Crippen molar-refractivity contribution >= 4 is 34.0 Å². The van der Waals surface area contributed by atoms with Crippen LogP contribution in [0.5, 0.6) is 0 Å². The largest absolute Gasteiger partial charge is 0.349 e. The molecule has 0 N–H and O–H groups in total. The van der Waals surface area contributed by atoms with Gasteiger partial charge in [0.25, 0.3) is 0 Å². The van der Waals surface area contributed by atoms with Gasteiger partial charge in [-0.15, -0.1) is 0 Å². The summed E-state index contributed by atoms with van der Waals surface area (Å²) < 4.78 is 38.2. The maximum Gasteiger partial charge on any atom is 0.349 e. The zero-order valence-corrected chi connectivity index (χ0v) is 13.2. The first-order chi connectivity index (χ1) is 12.8. The van der Waals surface area contributed by atoms with Crippen LogP contribution in [-0.2, 0) is 13.4 Å². The molecule has 0 spiro atoms. The maximum absolute atomic E-state index is 14.8. The molecule has 1 aromatic carbocycles. The summed E-state index contributed by atoms with van der Waals surface area (Å²) in [5.41, 5.74) is 0.480. The smallest absolute Gasteiger partial charge is 0.325 e. The minimum absolute atomic E-state index is 0.0194. The molecule has 3 heterocycles. The fourth-order valence-corrected chi connectivity index (χ4v) is 3.36. The quantitative estimate of drug-likeness (QED) is 0.634. The van der Waals surface area contributed by atoms with Crippen molar-refractivity contribution in [3.05, 3.63) is 57.5 Å². The van der Waals surface area contributed by atoms with Crippen molar-refractivity contribution in [2.24, 2.45) is 6.98 Å². The summed E-state index contributed by atoms with van der Waals surface area (Å²) in [7, 11) is 0. The third kappa shape index (κ3) is 2.17. The second kappa shape index (κ2) is 5.56. The fourth-order valence-electron chi connectivity index (χ4n) is 3.11. The molecule has 0 bridgehead atoms. The van der Waals surface area contributed by atoms with Crippen molar-refractivity contribution in [1.82, 2.24) is 14.5 Å². The zero-order valence-electron chi connectivity index (χ0n) is 15.5. The third-order valence-electron chi connectivity index (χ3n) is 4.18. The van der Waals surface area contributed by atoms with Crippen molar-refractivity contribution in [3.63, 3.8) is 0 Å². The first-order valence-electron chi connectivity index (χ1n) is 8.91. The van der Waals surface area contributed by atoms with E-state index in [1.54, 1.807) is 11.0 Å². The minimum atomic E-state index is -2.78. The van der Waals surface area contributed by atoms with Crippen molar-refractivity contribution in [2.45, 2.75) is 12.8 Å². The van der Waals surface area contributed by atoms with E-state index < -0.39 is 18.5 Å². The Hall–Kier alpha value is -2.47. The van der Waals surface area contributed by atoms with Crippen molar-refractivity contribution in [2.75, 3.05) is 11.4 Å². The number of aryl methyl sites for hydroxylation is 1. The number of aromatic nitrogens is 3. The number of fused-ring (bicyclic) bond motifs is 2. The van der Waals surface area contributed by atoms with Crippen LogP contribution in [0.3, 0.4) is 0 Å². The molecule has 1 aliphatic rings. The second-order valence-corrected chi connectivity index (χ2v) is 5.90. The predicted octanol–water partition coefficient (Wildman–Crippen LogP) is 3.21. The van der Waals surface area contributed by atoms with Gasteiger partial charge in [0.1, 0.15) is 11.0 Å². The number of hydrogen-bond donors (Lipinski definition) is 0. The average Bonchev–Trinajstić information content (AvgIpc) is 2.60. The van der Waals surface area contributed by atoms with Crippen LogP contribution in [0.4, 0.5) is 15.9 Å². The predicted molar refractivity (Wildman–Crippen MR) is 91.5 cm³/mol. The lowest BCUT2D eigenvalue weighted by atomic mass is 10.0. The topological polar surface area (TPSA) is 51.0 Å². The Morgan fingerprint density at radius 1 is 1.38 bits per heavy atom. The van der Waals surface area contributed by atoms with Crippen molar-refractivity contribution < 1.29 is 8.50 Å². The lowest BCUT2D eigenvalue weighted by molar-refractivity contribution is 0.636. The van der Waals surface area contributed by atoms with E-state index in [1.807, 2.05) is 0 Å². The van der Waals surface area contributed by atoms with E-state index in [1.165, 1.54) is 24.4 Å². The number of rotatable bonds is 1. The summed E-state index contributed by atoms with van der Waals surface area (Å²) >= 11 is 6.19. The van der Waals surface area contributed by atoms with Gasteiger partial charge in [0.05, 0.1) is 16.6 Å². The van der Waals surface area contributed by atoms with E-state index in [0.29, 0.717) is 34.8 Å². The highest BCUT2D eigenvalue weighted by Crippen LogP contribution is 2.37. The first kappa shape index (κ1) is 12.0. The van der Waals surface area contributed by atoms with E-state index in [0.717, 1.165) is 5.56 Å². The van der Waals surface area contributed by atoms with Crippen LogP contribution in [0.2, 0.25) is 5.15 Å². The summed E-state index contributed by atoms with van der Waals surface area (Å²) in [6, 6.07) is 5.71. The molecule has 5 nitrogen and oxygen atoms in total. The molecule has 4 rings (SSSR count). The van der Waals surface area contributed by atoms with E-state index >= 15 is 0 Å². The Bertz CT molecular complexity index is 1120. The lowest BCUT2D eigenvalue weighted by Crippen LogP contribution is -2.30. The number of nitrogens with zero attached hydrogens (tertiary/aromatic N) is 4. The van der Waals surface area contributed by atoms with Crippen LogP contribution in [0, 0.1) is 5.82 Å². The molecule has 0 radical (unpaired) electrons. The Morgan fingerprint density at radius 2 is 2.25 bits per heavy atom. The first-order valence-corrected chi connectivity index (χ1v) is 7.79. The SMILES string of the molecule is [2H]C([2H])([2H])n1c(=O)nc(N2CCCc3c2ccnc3Cl)c2c(F)cccc21.